The van der Waals surface area contributed by atoms with Gasteiger partial charge in [0.25, 0.3) is 0 Å². The molecule has 0 unspecified atom stereocenters. The fraction of sp³-hybridized carbons (Fsp3) is 0.308. The van der Waals surface area contributed by atoms with Crippen LogP contribution in [0.1, 0.15) is 10.4 Å². The summed E-state index contributed by atoms with van der Waals surface area (Å²) in [7, 11) is 3.09. The highest BCUT2D eigenvalue weighted by molar-refractivity contribution is 7.98. The fourth-order valence-electron chi connectivity index (χ4n) is 1.63. The Bertz CT molecular complexity index is 631. The molecule has 0 saturated heterocycles. The molecule has 0 bridgehead atoms. The molecule has 1 N–H and O–H groups in total. The van der Waals surface area contributed by atoms with Gasteiger partial charge in [0, 0.05) is 17.1 Å². The maximum Gasteiger partial charge on any atom is 0.203 e. The summed E-state index contributed by atoms with van der Waals surface area (Å²) in [5, 5.41) is 4.30. The maximum absolute atomic E-state index is 12.2. The van der Waals surface area contributed by atoms with Gasteiger partial charge >= 0.3 is 0 Å². The van der Waals surface area contributed by atoms with E-state index < -0.39 is 0 Å². The second-order valence-electron chi connectivity index (χ2n) is 3.93. The predicted octanol–water partition coefficient (Wildman–Crippen LogP) is 2.57. The Morgan fingerprint density at radius 2 is 2.10 bits per heavy atom. The lowest BCUT2D eigenvalue weighted by molar-refractivity contribution is 0.101. The molecule has 1 aromatic carbocycles. The van der Waals surface area contributed by atoms with E-state index in [1.807, 2.05) is 6.26 Å². The number of Topliss-reactive ketones (excluding diaryl/α,β-unsaturated/α-hetero) is 1. The van der Waals surface area contributed by atoms with Gasteiger partial charge < -0.3 is 14.8 Å². The number of carbonyl (C=O) groups excluding carboxylic acids is 1. The quantitative estimate of drug-likeness (QED) is 0.619. The van der Waals surface area contributed by atoms with Gasteiger partial charge in [-0.25, -0.2) is 0 Å². The summed E-state index contributed by atoms with van der Waals surface area (Å²) in [4.78, 5) is 16.4. The van der Waals surface area contributed by atoms with Crippen molar-refractivity contribution in [1.82, 2.24) is 9.36 Å². The molecule has 6 nitrogen and oxygen atoms in total. The molecule has 2 aromatic rings. The summed E-state index contributed by atoms with van der Waals surface area (Å²) in [5.74, 6) is 1.07. The number of rotatable bonds is 7. The first kappa shape index (κ1) is 15.6. The summed E-state index contributed by atoms with van der Waals surface area (Å²) >= 11 is 2.70. The molecule has 0 amide bonds. The minimum absolute atomic E-state index is 0.0585. The van der Waals surface area contributed by atoms with Crippen molar-refractivity contribution in [2.45, 2.75) is 5.16 Å². The zero-order valence-electron chi connectivity index (χ0n) is 11.9. The largest absolute Gasteiger partial charge is 0.493 e. The molecule has 0 atom stereocenters. The van der Waals surface area contributed by atoms with Gasteiger partial charge in [0.05, 0.1) is 20.8 Å². The second kappa shape index (κ2) is 7.28. The van der Waals surface area contributed by atoms with Gasteiger partial charge in [-0.15, -0.1) is 0 Å². The van der Waals surface area contributed by atoms with E-state index >= 15 is 0 Å². The molecule has 0 radical (unpaired) electrons. The van der Waals surface area contributed by atoms with Crippen LogP contribution in [0.25, 0.3) is 0 Å². The summed E-state index contributed by atoms with van der Waals surface area (Å²) in [5.41, 5.74) is 0.551. The summed E-state index contributed by atoms with van der Waals surface area (Å²) < 4.78 is 14.5. The smallest absolute Gasteiger partial charge is 0.203 e. The van der Waals surface area contributed by atoms with Crippen LogP contribution < -0.4 is 14.8 Å². The highest BCUT2D eigenvalue weighted by Crippen LogP contribution is 2.27. The predicted molar refractivity (Wildman–Crippen MR) is 84.1 cm³/mol. The van der Waals surface area contributed by atoms with Crippen LogP contribution in [-0.4, -0.2) is 42.2 Å². The Morgan fingerprint density at radius 3 is 2.71 bits per heavy atom. The van der Waals surface area contributed by atoms with Crippen molar-refractivity contribution in [2.24, 2.45) is 0 Å². The highest BCUT2D eigenvalue weighted by atomic mass is 32.2. The standard InChI is InChI=1S/C13H15N3O3S2/c1-18-10-5-4-8(6-11(10)19-2)9(17)7-14-12-15-13(20-3)16-21-12/h4-6H,7H2,1-3H3,(H,14,15,16). The molecule has 0 fully saturated rings. The molecule has 1 heterocycles. The summed E-state index contributed by atoms with van der Waals surface area (Å²) in [6.07, 6.45) is 1.90. The number of aromatic nitrogens is 2. The van der Waals surface area contributed by atoms with Crippen molar-refractivity contribution < 1.29 is 14.3 Å². The van der Waals surface area contributed by atoms with Crippen LogP contribution in [-0.2, 0) is 0 Å². The van der Waals surface area contributed by atoms with Gasteiger partial charge in [0.15, 0.2) is 17.3 Å². The van der Waals surface area contributed by atoms with Gasteiger partial charge in [-0.3, -0.25) is 4.79 Å². The van der Waals surface area contributed by atoms with Crippen molar-refractivity contribution in [2.75, 3.05) is 32.3 Å². The number of nitrogens with zero attached hydrogens (tertiary/aromatic N) is 2. The molecule has 0 saturated carbocycles. The van der Waals surface area contributed by atoms with Crippen LogP contribution in [0.5, 0.6) is 11.5 Å². The number of hydrogen-bond donors (Lipinski definition) is 1. The van der Waals surface area contributed by atoms with E-state index in [1.54, 1.807) is 25.3 Å². The molecule has 21 heavy (non-hydrogen) atoms. The topological polar surface area (TPSA) is 73.3 Å². The van der Waals surface area contributed by atoms with Crippen LogP contribution in [0.2, 0.25) is 0 Å². The van der Waals surface area contributed by atoms with Crippen molar-refractivity contribution >= 4 is 34.2 Å². The lowest BCUT2D eigenvalue weighted by Gasteiger charge is -2.09. The number of benzene rings is 1. The molecule has 112 valence electrons. The molecular formula is C13H15N3O3S2. The van der Waals surface area contributed by atoms with E-state index in [2.05, 4.69) is 14.7 Å². The molecule has 0 spiro atoms. The Morgan fingerprint density at radius 1 is 1.33 bits per heavy atom. The third kappa shape index (κ3) is 3.85. The highest BCUT2D eigenvalue weighted by Gasteiger charge is 2.11. The number of anilines is 1. The van der Waals surface area contributed by atoms with E-state index in [-0.39, 0.29) is 12.3 Å². The molecule has 1 aromatic heterocycles. The van der Waals surface area contributed by atoms with E-state index in [1.165, 1.54) is 30.4 Å². The SMILES string of the molecule is COc1ccc(C(=O)CNc2nc(SC)ns2)cc1OC. The van der Waals surface area contributed by atoms with Gasteiger partial charge in [-0.05, 0) is 24.5 Å². The number of ether oxygens (including phenoxy) is 2. The lowest BCUT2D eigenvalue weighted by Crippen LogP contribution is -2.14. The van der Waals surface area contributed by atoms with Crippen LogP contribution in [0.3, 0.4) is 0 Å². The fourth-order valence-corrected chi connectivity index (χ4v) is 2.75. The lowest BCUT2D eigenvalue weighted by atomic mass is 10.1. The number of thioether (sulfide) groups is 1. The first-order valence-corrected chi connectivity index (χ1v) is 8.04. The Balaban J connectivity index is 2.02. The number of carbonyl (C=O) groups is 1. The first-order chi connectivity index (χ1) is 10.2. The number of nitrogens with one attached hydrogen (secondary N) is 1. The van der Waals surface area contributed by atoms with Crippen molar-refractivity contribution in [3.05, 3.63) is 23.8 Å². The maximum atomic E-state index is 12.2. The van der Waals surface area contributed by atoms with Crippen LogP contribution >= 0.6 is 23.3 Å². The average molecular weight is 325 g/mol. The minimum Gasteiger partial charge on any atom is -0.493 e. The number of hydrogen-bond acceptors (Lipinski definition) is 8. The Hall–Kier alpha value is -1.80. The summed E-state index contributed by atoms with van der Waals surface area (Å²) in [6.45, 7) is 0.151. The molecule has 0 aliphatic rings. The number of ketones is 1. The Kier molecular flexibility index (Phi) is 5.40. The average Bonchev–Trinajstić information content (AvgIpc) is 2.99. The van der Waals surface area contributed by atoms with Crippen LogP contribution in [0.4, 0.5) is 5.13 Å². The van der Waals surface area contributed by atoms with Gasteiger partial charge in [0.1, 0.15) is 0 Å². The molecule has 8 heteroatoms. The summed E-state index contributed by atoms with van der Waals surface area (Å²) in [6, 6.07) is 5.08. The van der Waals surface area contributed by atoms with E-state index in [9.17, 15) is 4.79 Å². The third-order valence-corrected chi connectivity index (χ3v) is 4.03. The van der Waals surface area contributed by atoms with E-state index in [0.717, 1.165) is 0 Å². The van der Waals surface area contributed by atoms with Crippen molar-refractivity contribution in [1.29, 1.82) is 0 Å². The zero-order valence-corrected chi connectivity index (χ0v) is 13.5. The minimum atomic E-state index is -0.0585. The Labute approximate surface area is 131 Å². The number of methoxy groups -OCH3 is 2. The molecule has 0 aliphatic heterocycles. The molecule has 0 aliphatic carbocycles. The van der Waals surface area contributed by atoms with Crippen LogP contribution in [0, 0.1) is 0 Å². The third-order valence-electron chi connectivity index (χ3n) is 2.70. The second-order valence-corrected chi connectivity index (χ2v) is 5.46. The van der Waals surface area contributed by atoms with Gasteiger partial charge in [-0.2, -0.15) is 9.36 Å². The van der Waals surface area contributed by atoms with Crippen molar-refractivity contribution in [3.8, 4) is 11.5 Å². The van der Waals surface area contributed by atoms with Crippen LogP contribution in [0.15, 0.2) is 23.4 Å². The van der Waals surface area contributed by atoms with Gasteiger partial charge in [-0.1, -0.05) is 11.8 Å². The zero-order chi connectivity index (χ0) is 15.2. The molecular weight excluding hydrogens is 310 g/mol. The van der Waals surface area contributed by atoms with E-state index in [4.69, 9.17) is 9.47 Å². The normalized spacial score (nSPS) is 10.2. The van der Waals surface area contributed by atoms with Gasteiger partial charge in [0.2, 0.25) is 10.3 Å². The first-order valence-electron chi connectivity index (χ1n) is 6.04. The monoisotopic (exact) mass is 325 g/mol. The molecule has 2 rings (SSSR count). The van der Waals surface area contributed by atoms with E-state index in [0.29, 0.717) is 27.4 Å². The van der Waals surface area contributed by atoms with Crippen molar-refractivity contribution in [3.63, 3.8) is 0 Å².